The topological polar surface area (TPSA) is 55.4 Å². The molecule has 0 aliphatic heterocycles. The fourth-order valence-corrected chi connectivity index (χ4v) is 0.703. The van der Waals surface area contributed by atoms with Crippen LogP contribution in [0.2, 0.25) is 0 Å². The second-order valence-electron chi connectivity index (χ2n) is 2.93. The fraction of sp³-hybridized carbons (Fsp3) is 0.750. The monoisotopic (exact) mass is 205 g/mol. The first-order valence-electron chi connectivity index (χ1n) is 4.08. The van der Waals surface area contributed by atoms with Crippen LogP contribution in [-0.2, 0) is 14.3 Å². The third-order valence-electron chi connectivity index (χ3n) is 1.15. The Balaban J connectivity index is 3.64. The highest BCUT2D eigenvalue weighted by Gasteiger charge is 2.10. The largest absolute Gasteiger partial charge is 0.462 e. The Labute approximate surface area is 83.4 Å². The quantitative estimate of drug-likeness (QED) is 0.515. The van der Waals surface area contributed by atoms with Gasteiger partial charge in [-0.25, -0.2) is 0 Å². The number of carbonyl (C=O) groups is 2. The van der Waals surface area contributed by atoms with Gasteiger partial charge in [0.25, 0.3) is 0 Å². The van der Waals surface area contributed by atoms with E-state index in [2.05, 4.69) is 17.9 Å². The number of carbonyl (C=O) groups excluding carboxylic acids is 2. The van der Waals surface area contributed by atoms with Crippen LogP contribution in [0, 0.1) is 0 Å². The van der Waals surface area contributed by atoms with E-state index in [-0.39, 0.29) is 18.6 Å². The van der Waals surface area contributed by atoms with Crippen molar-refractivity contribution in [3.05, 3.63) is 0 Å². The van der Waals surface area contributed by atoms with Crippen molar-refractivity contribution in [3.63, 3.8) is 0 Å². The highest BCUT2D eigenvalue weighted by Crippen LogP contribution is 1.92. The molecule has 0 bridgehead atoms. The first-order chi connectivity index (χ1) is 5.93. The molecule has 1 amide bonds. The third-order valence-corrected chi connectivity index (χ3v) is 1.39. The summed E-state index contributed by atoms with van der Waals surface area (Å²) in [4.78, 5) is 21.9. The Hall–Kier alpha value is -0.710. The van der Waals surface area contributed by atoms with E-state index >= 15 is 0 Å². The van der Waals surface area contributed by atoms with Crippen LogP contribution in [0.3, 0.4) is 0 Å². The molecule has 4 nitrogen and oxygen atoms in total. The third kappa shape index (κ3) is 6.45. The standard InChI is InChI=1S/C8H15NO3S/c1-5(2)12-7(10)4-9-8(11)6(3)13/h5-6,13H,4H2,1-3H3,(H,9,11)/t6-/m0/s1. The first-order valence-corrected chi connectivity index (χ1v) is 4.60. The average molecular weight is 205 g/mol. The van der Waals surface area contributed by atoms with Gasteiger partial charge in [-0.15, -0.1) is 0 Å². The Morgan fingerprint density at radius 1 is 1.38 bits per heavy atom. The van der Waals surface area contributed by atoms with E-state index in [1.54, 1.807) is 20.8 Å². The van der Waals surface area contributed by atoms with Crippen LogP contribution in [-0.4, -0.2) is 29.8 Å². The second-order valence-corrected chi connectivity index (χ2v) is 3.71. The average Bonchev–Trinajstić information content (AvgIpc) is 1.98. The van der Waals surface area contributed by atoms with Crippen molar-refractivity contribution in [2.24, 2.45) is 0 Å². The molecule has 0 aromatic rings. The van der Waals surface area contributed by atoms with Crippen molar-refractivity contribution in [1.29, 1.82) is 0 Å². The molecule has 76 valence electrons. The van der Waals surface area contributed by atoms with Gasteiger partial charge in [-0.2, -0.15) is 12.6 Å². The molecule has 0 radical (unpaired) electrons. The van der Waals surface area contributed by atoms with E-state index in [0.717, 1.165) is 0 Å². The van der Waals surface area contributed by atoms with Crippen LogP contribution in [0.15, 0.2) is 0 Å². The molecule has 0 aliphatic rings. The number of hydrogen-bond donors (Lipinski definition) is 2. The van der Waals surface area contributed by atoms with Gasteiger partial charge in [-0.1, -0.05) is 0 Å². The Bertz CT molecular complexity index is 192. The summed E-state index contributed by atoms with van der Waals surface area (Å²) in [5.41, 5.74) is 0. The SMILES string of the molecule is CC(C)OC(=O)CNC(=O)[C@H](C)S. The smallest absolute Gasteiger partial charge is 0.325 e. The van der Waals surface area contributed by atoms with Crippen molar-refractivity contribution < 1.29 is 14.3 Å². The van der Waals surface area contributed by atoms with Gasteiger partial charge in [0.1, 0.15) is 6.54 Å². The summed E-state index contributed by atoms with van der Waals surface area (Å²) >= 11 is 3.90. The molecule has 0 rings (SSSR count). The minimum absolute atomic E-state index is 0.0953. The number of hydrogen-bond acceptors (Lipinski definition) is 4. The summed E-state index contributed by atoms with van der Waals surface area (Å²) in [5.74, 6) is -0.707. The maximum absolute atomic E-state index is 10.9. The zero-order chi connectivity index (χ0) is 10.4. The molecule has 0 aromatic carbocycles. The lowest BCUT2D eigenvalue weighted by molar-refractivity contribution is -0.147. The van der Waals surface area contributed by atoms with Gasteiger partial charge in [-0.3, -0.25) is 9.59 Å². The predicted molar refractivity (Wildman–Crippen MR) is 52.7 cm³/mol. The lowest BCUT2D eigenvalue weighted by Gasteiger charge is -2.09. The lowest BCUT2D eigenvalue weighted by atomic mass is 10.4. The van der Waals surface area contributed by atoms with Crippen molar-refractivity contribution in [3.8, 4) is 0 Å². The Kier molecular flexibility index (Phi) is 5.53. The number of rotatable bonds is 4. The number of nitrogens with one attached hydrogen (secondary N) is 1. The molecule has 13 heavy (non-hydrogen) atoms. The molecule has 0 spiro atoms. The minimum atomic E-state index is -0.433. The van der Waals surface area contributed by atoms with Crippen LogP contribution in [0.1, 0.15) is 20.8 Å². The van der Waals surface area contributed by atoms with Crippen molar-refractivity contribution in [2.45, 2.75) is 32.1 Å². The number of ether oxygens (including phenoxy) is 1. The Morgan fingerprint density at radius 2 is 1.92 bits per heavy atom. The van der Waals surface area contributed by atoms with Gasteiger partial charge in [0, 0.05) is 0 Å². The number of esters is 1. The van der Waals surface area contributed by atoms with E-state index in [9.17, 15) is 9.59 Å². The van der Waals surface area contributed by atoms with Gasteiger partial charge >= 0.3 is 5.97 Å². The Morgan fingerprint density at radius 3 is 2.31 bits per heavy atom. The first kappa shape index (κ1) is 12.3. The van der Waals surface area contributed by atoms with E-state index in [1.807, 2.05) is 0 Å². The van der Waals surface area contributed by atoms with Crippen LogP contribution in [0.4, 0.5) is 0 Å². The van der Waals surface area contributed by atoms with E-state index in [0.29, 0.717) is 0 Å². The molecule has 0 aromatic heterocycles. The molecule has 5 heteroatoms. The maximum Gasteiger partial charge on any atom is 0.325 e. The molecular weight excluding hydrogens is 190 g/mol. The molecule has 0 unspecified atom stereocenters. The predicted octanol–water partition coefficient (Wildman–Crippen LogP) is 0.372. The van der Waals surface area contributed by atoms with Crippen LogP contribution >= 0.6 is 12.6 Å². The summed E-state index contributed by atoms with van der Waals surface area (Å²) in [5, 5.41) is 1.99. The van der Waals surface area contributed by atoms with E-state index in [1.165, 1.54) is 0 Å². The molecule has 0 aliphatic carbocycles. The van der Waals surface area contributed by atoms with Crippen LogP contribution in [0.25, 0.3) is 0 Å². The summed E-state index contributed by atoms with van der Waals surface area (Å²) in [6.07, 6.45) is -0.155. The minimum Gasteiger partial charge on any atom is -0.462 e. The van der Waals surface area contributed by atoms with Crippen LogP contribution in [0.5, 0.6) is 0 Å². The fourth-order valence-electron chi connectivity index (χ4n) is 0.612. The molecule has 0 heterocycles. The van der Waals surface area contributed by atoms with E-state index < -0.39 is 11.2 Å². The summed E-state index contributed by atoms with van der Waals surface area (Å²) in [6.45, 7) is 5.04. The lowest BCUT2D eigenvalue weighted by Crippen LogP contribution is -2.35. The maximum atomic E-state index is 10.9. The summed E-state index contributed by atoms with van der Waals surface area (Å²) < 4.78 is 4.80. The van der Waals surface area contributed by atoms with E-state index in [4.69, 9.17) is 4.74 Å². The molecule has 1 N–H and O–H groups in total. The molecule has 0 saturated heterocycles. The zero-order valence-electron chi connectivity index (χ0n) is 8.03. The summed E-state index contributed by atoms with van der Waals surface area (Å²) in [6, 6.07) is 0. The van der Waals surface area contributed by atoms with Crippen molar-refractivity contribution in [2.75, 3.05) is 6.54 Å². The van der Waals surface area contributed by atoms with Gasteiger partial charge in [0.15, 0.2) is 0 Å². The summed E-state index contributed by atoms with van der Waals surface area (Å²) in [7, 11) is 0. The van der Waals surface area contributed by atoms with Gasteiger partial charge in [-0.05, 0) is 20.8 Å². The van der Waals surface area contributed by atoms with Gasteiger partial charge in [0.2, 0.25) is 5.91 Å². The molecule has 1 atom stereocenters. The molecular formula is C8H15NO3S. The van der Waals surface area contributed by atoms with Crippen molar-refractivity contribution in [1.82, 2.24) is 5.32 Å². The number of amides is 1. The highest BCUT2D eigenvalue weighted by atomic mass is 32.1. The normalized spacial score (nSPS) is 12.4. The second kappa shape index (κ2) is 5.85. The van der Waals surface area contributed by atoms with Gasteiger partial charge in [0.05, 0.1) is 11.4 Å². The number of thiol groups is 1. The van der Waals surface area contributed by atoms with Gasteiger partial charge < -0.3 is 10.1 Å². The zero-order valence-corrected chi connectivity index (χ0v) is 8.93. The molecule has 0 fully saturated rings. The highest BCUT2D eigenvalue weighted by molar-refractivity contribution is 7.81. The van der Waals surface area contributed by atoms with Crippen molar-refractivity contribution >= 4 is 24.5 Å². The molecule has 0 saturated carbocycles. The van der Waals surface area contributed by atoms with Crippen LogP contribution < -0.4 is 5.32 Å².